The van der Waals surface area contributed by atoms with Crippen molar-refractivity contribution in [2.75, 3.05) is 7.11 Å². The van der Waals surface area contributed by atoms with Gasteiger partial charge in [-0.05, 0) is 0 Å². The second-order valence-electron chi connectivity index (χ2n) is 0.833. The molecule has 3 heteroatoms. The first-order chi connectivity index (χ1) is 3.41. The minimum atomic E-state index is 0.313. The summed E-state index contributed by atoms with van der Waals surface area (Å²) in [6.07, 6.45) is 1.72. The summed E-state index contributed by atoms with van der Waals surface area (Å²) in [7, 11) is 1.44. The van der Waals surface area contributed by atoms with E-state index >= 15 is 0 Å². The van der Waals surface area contributed by atoms with Gasteiger partial charge in [0.05, 0.1) is 18.7 Å². The fraction of sp³-hybridized carbons (Fsp3) is 0.500. The van der Waals surface area contributed by atoms with E-state index in [-0.39, 0.29) is 0 Å². The molecule has 0 fully saturated rings. The third kappa shape index (κ3) is 4.96. The Hall–Kier alpha value is -1.04. The van der Waals surface area contributed by atoms with Crippen molar-refractivity contribution in [1.82, 2.24) is 0 Å². The van der Waals surface area contributed by atoms with Gasteiger partial charge in [-0.3, -0.25) is 0 Å². The molecule has 0 aromatic rings. The minimum absolute atomic E-state index is 0.313. The first kappa shape index (κ1) is 5.96. The molecular weight excluding hydrogens is 92.1 g/mol. The summed E-state index contributed by atoms with van der Waals surface area (Å²) in [6.45, 7) is 0. The van der Waals surface area contributed by atoms with E-state index in [4.69, 9.17) is 5.26 Å². The third-order valence-electron chi connectivity index (χ3n) is 0.363. The van der Waals surface area contributed by atoms with Crippen molar-refractivity contribution in [3.63, 3.8) is 0 Å². The molecule has 7 heavy (non-hydrogen) atoms. The van der Waals surface area contributed by atoms with Gasteiger partial charge in [0.15, 0.2) is 0 Å². The van der Waals surface area contributed by atoms with E-state index in [1.807, 2.05) is 6.07 Å². The highest BCUT2D eigenvalue weighted by molar-refractivity contribution is 5.59. The summed E-state index contributed by atoms with van der Waals surface area (Å²) in [5, 5.41) is 11.2. The lowest BCUT2D eigenvalue weighted by molar-refractivity contribution is 0.215. The zero-order valence-electron chi connectivity index (χ0n) is 4.09. The molecule has 0 amide bonds. The number of rotatable bonds is 2. The Morgan fingerprint density at radius 3 is 3.14 bits per heavy atom. The maximum absolute atomic E-state index is 7.90. The number of oxime groups is 1. The molecule has 0 heterocycles. The van der Waals surface area contributed by atoms with E-state index in [1.165, 1.54) is 13.3 Å². The van der Waals surface area contributed by atoms with Gasteiger partial charge < -0.3 is 4.84 Å². The van der Waals surface area contributed by atoms with Crippen molar-refractivity contribution in [2.24, 2.45) is 5.16 Å². The van der Waals surface area contributed by atoms with Crippen LogP contribution in [0.1, 0.15) is 6.42 Å². The molecule has 3 nitrogen and oxygen atoms in total. The summed E-state index contributed by atoms with van der Waals surface area (Å²) in [6, 6.07) is 1.87. The van der Waals surface area contributed by atoms with Crippen LogP contribution in [0, 0.1) is 11.3 Å². The van der Waals surface area contributed by atoms with Gasteiger partial charge in [-0.15, -0.1) is 0 Å². The molecule has 0 aliphatic carbocycles. The Bertz CT molecular complexity index is 92.4. The molecule has 0 aliphatic heterocycles. The number of hydrogen-bond acceptors (Lipinski definition) is 3. The molecule has 0 N–H and O–H groups in total. The van der Waals surface area contributed by atoms with Crippen molar-refractivity contribution in [1.29, 1.82) is 5.26 Å². The molecule has 0 saturated heterocycles. The van der Waals surface area contributed by atoms with Crippen molar-refractivity contribution >= 4 is 6.21 Å². The lowest BCUT2D eigenvalue weighted by Crippen LogP contribution is -1.70. The molecule has 0 rings (SSSR count). The molecular formula is C4H6N2O. The van der Waals surface area contributed by atoms with Crippen LogP contribution in [0.5, 0.6) is 0 Å². The highest BCUT2D eigenvalue weighted by atomic mass is 16.6. The van der Waals surface area contributed by atoms with Gasteiger partial charge in [-0.2, -0.15) is 5.26 Å². The van der Waals surface area contributed by atoms with Crippen molar-refractivity contribution in [2.45, 2.75) is 6.42 Å². The molecule has 0 spiro atoms. The topological polar surface area (TPSA) is 45.4 Å². The first-order valence-corrected chi connectivity index (χ1v) is 1.83. The lowest BCUT2D eigenvalue weighted by atomic mass is 10.5. The van der Waals surface area contributed by atoms with E-state index in [0.29, 0.717) is 6.42 Å². The van der Waals surface area contributed by atoms with Crippen LogP contribution in [0.3, 0.4) is 0 Å². The largest absolute Gasteiger partial charge is 0.399 e. The van der Waals surface area contributed by atoms with E-state index in [2.05, 4.69) is 9.99 Å². The predicted molar refractivity (Wildman–Crippen MR) is 25.7 cm³/mol. The van der Waals surface area contributed by atoms with Crippen LogP contribution < -0.4 is 0 Å². The van der Waals surface area contributed by atoms with Gasteiger partial charge >= 0.3 is 0 Å². The highest BCUT2D eigenvalue weighted by Gasteiger charge is 1.67. The molecule has 0 atom stereocenters. The van der Waals surface area contributed by atoms with Crippen LogP contribution in [0.15, 0.2) is 5.16 Å². The first-order valence-electron chi connectivity index (χ1n) is 1.83. The van der Waals surface area contributed by atoms with Crippen molar-refractivity contribution < 1.29 is 4.84 Å². The molecule has 0 saturated carbocycles. The SMILES string of the molecule is CO/N=C\CC#N. The Balaban J connectivity index is 2.97. The Kier molecular flexibility index (Phi) is 4.22. The zero-order valence-corrected chi connectivity index (χ0v) is 4.09. The van der Waals surface area contributed by atoms with Gasteiger partial charge in [-0.25, -0.2) is 0 Å². The number of nitrogens with zero attached hydrogens (tertiary/aromatic N) is 2. The molecule has 0 bridgehead atoms. The van der Waals surface area contributed by atoms with Crippen LogP contribution in [0.2, 0.25) is 0 Å². The van der Waals surface area contributed by atoms with E-state index < -0.39 is 0 Å². The average Bonchev–Trinajstić information content (AvgIpc) is 1.69. The van der Waals surface area contributed by atoms with Crippen LogP contribution in [0.4, 0.5) is 0 Å². The summed E-state index contributed by atoms with van der Waals surface area (Å²) in [4.78, 5) is 4.26. The van der Waals surface area contributed by atoms with Gasteiger partial charge in [0.2, 0.25) is 0 Å². The molecule has 0 aliphatic rings. The Morgan fingerprint density at radius 2 is 2.71 bits per heavy atom. The zero-order chi connectivity index (χ0) is 5.54. The second kappa shape index (κ2) is 4.96. The third-order valence-corrected chi connectivity index (χ3v) is 0.363. The van der Waals surface area contributed by atoms with E-state index in [1.54, 1.807) is 0 Å². The molecule has 0 aromatic heterocycles. The fourth-order valence-electron chi connectivity index (χ4n) is 0.153. The molecule has 38 valence electrons. The van der Waals surface area contributed by atoms with Crippen LogP contribution in [-0.2, 0) is 4.84 Å². The summed E-state index contributed by atoms with van der Waals surface area (Å²) in [5.41, 5.74) is 0. The normalized spacial score (nSPS) is 8.57. The number of nitriles is 1. The fourth-order valence-corrected chi connectivity index (χ4v) is 0.153. The van der Waals surface area contributed by atoms with E-state index in [9.17, 15) is 0 Å². The average molecular weight is 98.1 g/mol. The van der Waals surface area contributed by atoms with Crippen molar-refractivity contribution in [3.05, 3.63) is 0 Å². The van der Waals surface area contributed by atoms with Gasteiger partial charge in [0, 0.05) is 0 Å². The van der Waals surface area contributed by atoms with E-state index in [0.717, 1.165) is 0 Å². The van der Waals surface area contributed by atoms with Crippen molar-refractivity contribution in [3.8, 4) is 6.07 Å². The Labute approximate surface area is 42.2 Å². The van der Waals surface area contributed by atoms with Crippen LogP contribution in [0.25, 0.3) is 0 Å². The molecule has 0 radical (unpaired) electrons. The standard InChI is InChI=1S/C4H6N2O/c1-7-6-4-2-3-5/h4H,2H2,1H3/b6-4-. The van der Waals surface area contributed by atoms with Gasteiger partial charge in [0.25, 0.3) is 0 Å². The molecule has 0 aromatic carbocycles. The maximum atomic E-state index is 7.90. The second-order valence-corrected chi connectivity index (χ2v) is 0.833. The number of hydrogen-bond donors (Lipinski definition) is 0. The summed E-state index contributed by atoms with van der Waals surface area (Å²) in [5.74, 6) is 0. The Morgan fingerprint density at radius 1 is 2.00 bits per heavy atom. The van der Waals surface area contributed by atoms with Gasteiger partial charge in [-0.1, -0.05) is 5.16 Å². The molecule has 0 unspecified atom stereocenters. The maximum Gasteiger partial charge on any atom is 0.106 e. The van der Waals surface area contributed by atoms with Crippen LogP contribution >= 0.6 is 0 Å². The smallest absolute Gasteiger partial charge is 0.106 e. The van der Waals surface area contributed by atoms with Crippen LogP contribution in [-0.4, -0.2) is 13.3 Å². The quantitative estimate of drug-likeness (QED) is 0.373. The highest BCUT2D eigenvalue weighted by Crippen LogP contribution is 1.67. The monoisotopic (exact) mass is 98.0 g/mol. The van der Waals surface area contributed by atoms with Gasteiger partial charge in [0.1, 0.15) is 7.11 Å². The summed E-state index contributed by atoms with van der Waals surface area (Å²) < 4.78 is 0. The minimum Gasteiger partial charge on any atom is -0.399 e. The summed E-state index contributed by atoms with van der Waals surface area (Å²) >= 11 is 0. The lowest BCUT2D eigenvalue weighted by Gasteiger charge is -1.77. The predicted octanol–water partition coefficient (Wildman–Crippen LogP) is 0.532.